The van der Waals surface area contributed by atoms with Crippen LogP contribution in [0, 0.1) is 6.92 Å². The molecule has 0 saturated carbocycles. The summed E-state index contributed by atoms with van der Waals surface area (Å²) in [6.45, 7) is 6.18. The lowest BCUT2D eigenvalue weighted by Gasteiger charge is -2.10. The number of hydrogen-bond acceptors (Lipinski definition) is 3. The maximum Gasteiger partial charge on any atom is 0.257 e. The molecule has 0 unspecified atom stereocenters. The van der Waals surface area contributed by atoms with Gasteiger partial charge in [0.15, 0.2) is 0 Å². The third-order valence-corrected chi connectivity index (χ3v) is 4.05. The number of carbonyl (C=O) groups is 1. The Balaban J connectivity index is 0.00000117. The van der Waals surface area contributed by atoms with E-state index >= 15 is 0 Å². The Morgan fingerprint density at radius 3 is 2.46 bits per heavy atom. The Bertz CT molecular complexity index is 979. The fourth-order valence-electron chi connectivity index (χ4n) is 2.51. The first-order valence-electron chi connectivity index (χ1n) is 8.39. The van der Waals surface area contributed by atoms with Gasteiger partial charge in [-0.15, -0.1) is 0 Å². The van der Waals surface area contributed by atoms with Gasteiger partial charge in [0, 0.05) is 23.2 Å². The highest BCUT2D eigenvalue weighted by Gasteiger charge is 2.14. The van der Waals surface area contributed by atoms with Crippen LogP contribution in [-0.2, 0) is 6.54 Å². The molecule has 136 valence electrons. The number of fused-ring (bicyclic) bond motifs is 1. The molecule has 0 saturated heterocycles. The van der Waals surface area contributed by atoms with Gasteiger partial charge < -0.3 is 11.2 Å². The van der Waals surface area contributed by atoms with Gasteiger partial charge in [0.2, 0.25) is 5.43 Å². The molecule has 0 aliphatic rings. The van der Waals surface area contributed by atoms with Gasteiger partial charge in [-0.1, -0.05) is 49.2 Å². The van der Waals surface area contributed by atoms with E-state index in [1.165, 1.54) is 10.9 Å². The quantitative estimate of drug-likeness (QED) is 0.690. The lowest BCUT2D eigenvalue weighted by Crippen LogP contribution is -2.30. The normalized spacial score (nSPS) is 10.2. The fraction of sp³-hybridized carbons (Fsp3) is 0.200. The molecule has 0 spiro atoms. The molecular weight excluding hydrogens is 350 g/mol. The lowest BCUT2D eigenvalue weighted by molar-refractivity contribution is 0.0949. The number of pyridine rings is 1. The summed E-state index contributed by atoms with van der Waals surface area (Å²) in [5.41, 5.74) is 2.09. The Hall–Kier alpha value is -2.79. The van der Waals surface area contributed by atoms with Crippen LogP contribution in [0.5, 0.6) is 0 Å². The molecule has 1 aromatic heterocycles. The average molecular weight is 372 g/mol. The van der Waals surface area contributed by atoms with Crippen LogP contribution in [0.4, 0.5) is 0 Å². The molecule has 1 heterocycles. The second-order valence-corrected chi connectivity index (χ2v) is 6.05. The van der Waals surface area contributed by atoms with Crippen LogP contribution in [0.3, 0.4) is 0 Å². The van der Waals surface area contributed by atoms with Crippen LogP contribution < -0.4 is 16.6 Å². The zero-order valence-corrected chi connectivity index (χ0v) is 15.8. The number of carbonyl (C=O) groups excluding carboxylic acids is 1. The maximum atomic E-state index is 12.6. The number of halogens is 1. The van der Waals surface area contributed by atoms with Crippen molar-refractivity contribution in [3.8, 4) is 0 Å². The summed E-state index contributed by atoms with van der Waals surface area (Å²) < 4.78 is 1.30. The third-order valence-electron chi connectivity index (χ3n) is 3.80. The Labute approximate surface area is 157 Å². The minimum absolute atomic E-state index is 0.0181. The Kier molecular flexibility index (Phi) is 6.41. The molecule has 26 heavy (non-hydrogen) atoms. The van der Waals surface area contributed by atoms with Crippen LogP contribution in [0.1, 0.15) is 35.3 Å². The van der Waals surface area contributed by atoms with E-state index in [9.17, 15) is 9.59 Å². The van der Waals surface area contributed by atoms with E-state index < -0.39 is 5.91 Å². The average Bonchev–Trinajstić information content (AvgIpc) is 2.65. The van der Waals surface area contributed by atoms with Crippen molar-refractivity contribution in [2.24, 2.45) is 0 Å². The first-order valence-corrected chi connectivity index (χ1v) is 8.77. The first kappa shape index (κ1) is 19.5. The predicted molar refractivity (Wildman–Crippen MR) is 107 cm³/mol. The standard InChI is InChI=1S/C18H16ClN3O2.C2H6/c1-11-2-7-16-14(8-11)17(23)15(10-22(16)20)18(24)21-9-12-3-5-13(19)6-4-12;1-2/h2-8,10H,9,20H2,1H3,(H,21,24);1-2H3. The largest absolute Gasteiger partial charge is 0.348 e. The molecule has 3 N–H and O–H groups in total. The summed E-state index contributed by atoms with van der Waals surface area (Å²) >= 11 is 5.83. The highest BCUT2D eigenvalue weighted by Crippen LogP contribution is 2.13. The van der Waals surface area contributed by atoms with Crippen molar-refractivity contribution >= 4 is 28.4 Å². The predicted octanol–water partition coefficient (Wildman–Crippen LogP) is 3.63. The molecular formula is C20H22ClN3O2. The van der Waals surface area contributed by atoms with Crippen molar-refractivity contribution in [1.29, 1.82) is 0 Å². The number of rotatable bonds is 3. The highest BCUT2D eigenvalue weighted by molar-refractivity contribution is 6.30. The molecule has 2 aromatic carbocycles. The van der Waals surface area contributed by atoms with Crippen molar-refractivity contribution in [1.82, 2.24) is 9.99 Å². The number of benzene rings is 2. The van der Waals surface area contributed by atoms with Gasteiger partial charge in [-0.3, -0.25) is 14.3 Å². The van der Waals surface area contributed by atoms with Gasteiger partial charge in [-0.2, -0.15) is 0 Å². The third kappa shape index (κ3) is 4.24. The topological polar surface area (TPSA) is 77.1 Å². The van der Waals surface area contributed by atoms with Gasteiger partial charge >= 0.3 is 0 Å². The van der Waals surface area contributed by atoms with Crippen molar-refractivity contribution in [3.63, 3.8) is 0 Å². The number of nitrogen functional groups attached to an aromatic ring is 1. The number of nitrogens with zero attached hydrogens (tertiary/aromatic N) is 1. The minimum atomic E-state index is -0.461. The van der Waals surface area contributed by atoms with E-state index in [1.807, 2.05) is 39.0 Å². The van der Waals surface area contributed by atoms with E-state index in [1.54, 1.807) is 24.3 Å². The summed E-state index contributed by atoms with van der Waals surface area (Å²) in [6, 6.07) is 12.5. The van der Waals surface area contributed by atoms with Crippen LogP contribution in [0.2, 0.25) is 5.02 Å². The van der Waals surface area contributed by atoms with Gasteiger partial charge in [0.25, 0.3) is 5.91 Å². The monoisotopic (exact) mass is 371 g/mol. The molecule has 1 amide bonds. The number of nitrogens with two attached hydrogens (primary N) is 1. The van der Waals surface area contributed by atoms with Gasteiger partial charge in [-0.25, -0.2) is 0 Å². The molecule has 0 atom stereocenters. The van der Waals surface area contributed by atoms with Gasteiger partial charge in [0.1, 0.15) is 5.56 Å². The maximum absolute atomic E-state index is 12.6. The van der Waals surface area contributed by atoms with Gasteiger partial charge in [-0.05, 0) is 36.8 Å². The molecule has 0 fully saturated rings. The summed E-state index contributed by atoms with van der Waals surface area (Å²) in [6.07, 6.45) is 1.36. The molecule has 0 aliphatic carbocycles. The number of amides is 1. The second-order valence-electron chi connectivity index (χ2n) is 5.61. The van der Waals surface area contributed by atoms with Crippen molar-refractivity contribution < 1.29 is 4.79 Å². The summed E-state index contributed by atoms with van der Waals surface area (Å²) in [5, 5.41) is 3.78. The smallest absolute Gasteiger partial charge is 0.257 e. The number of hydrogen-bond donors (Lipinski definition) is 2. The second kappa shape index (κ2) is 8.54. The van der Waals surface area contributed by atoms with Crippen molar-refractivity contribution in [3.05, 3.63) is 80.6 Å². The van der Waals surface area contributed by atoms with E-state index in [-0.39, 0.29) is 11.0 Å². The van der Waals surface area contributed by atoms with E-state index in [0.717, 1.165) is 11.1 Å². The summed E-state index contributed by atoms with van der Waals surface area (Å²) in [7, 11) is 0. The van der Waals surface area contributed by atoms with E-state index in [2.05, 4.69) is 5.32 Å². The lowest BCUT2D eigenvalue weighted by atomic mass is 10.1. The number of aromatic nitrogens is 1. The minimum Gasteiger partial charge on any atom is -0.348 e. The molecule has 0 radical (unpaired) electrons. The molecule has 0 aliphatic heterocycles. The number of nitrogens with one attached hydrogen (secondary N) is 1. The molecule has 3 rings (SSSR count). The molecule has 6 heteroatoms. The van der Waals surface area contributed by atoms with Crippen LogP contribution in [0.25, 0.3) is 10.9 Å². The van der Waals surface area contributed by atoms with Crippen LogP contribution in [-0.4, -0.2) is 10.6 Å². The van der Waals surface area contributed by atoms with Gasteiger partial charge in [0.05, 0.1) is 5.52 Å². The van der Waals surface area contributed by atoms with E-state index in [0.29, 0.717) is 22.5 Å². The molecule has 3 aromatic rings. The zero-order valence-electron chi connectivity index (χ0n) is 15.0. The zero-order chi connectivity index (χ0) is 19.3. The van der Waals surface area contributed by atoms with Crippen molar-refractivity contribution in [2.45, 2.75) is 27.3 Å². The van der Waals surface area contributed by atoms with E-state index in [4.69, 9.17) is 17.4 Å². The Morgan fingerprint density at radius 1 is 1.15 bits per heavy atom. The van der Waals surface area contributed by atoms with Crippen LogP contribution in [0.15, 0.2) is 53.5 Å². The molecule has 0 bridgehead atoms. The summed E-state index contributed by atoms with van der Waals surface area (Å²) in [4.78, 5) is 25.0. The first-order chi connectivity index (χ1) is 12.5. The summed E-state index contributed by atoms with van der Waals surface area (Å²) in [5.74, 6) is 5.46. The fourth-order valence-corrected chi connectivity index (χ4v) is 2.64. The van der Waals surface area contributed by atoms with Crippen molar-refractivity contribution in [2.75, 3.05) is 5.84 Å². The van der Waals surface area contributed by atoms with Crippen LogP contribution >= 0.6 is 11.6 Å². The molecule has 5 nitrogen and oxygen atoms in total. The highest BCUT2D eigenvalue weighted by atomic mass is 35.5. The Morgan fingerprint density at radius 2 is 1.81 bits per heavy atom. The SMILES string of the molecule is CC.Cc1ccc2c(c1)c(=O)c(C(=O)NCc1ccc(Cl)cc1)cn2N. The number of aryl methyl sites for hydroxylation is 1.